The molecule has 3 aliphatic carbocycles. The topological polar surface area (TPSA) is 4.93 Å². The smallest absolute Gasteiger partial charge is 0.0582 e. The largest absolute Gasteiger partial charge is 0.308 e. The highest BCUT2D eigenvalue weighted by molar-refractivity contribution is 6.23. The highest BCUT2D eigenvalue weighted by Crippen LogP contribution is 2.65. The number of aromatic nitrogens is 1. The van der Waals surface area contributed by atoms with Gasteiger partial charge in [0.05, 0.1) is 16.7 Å². The Morgan fingerprint density at radius 2 is 0.671 bits per heavy atom. The monoisotopic (exact) mass is 971 g/mol. The molecule has 1 heteroatoms. The molecular formula is C75H57N. The summed E-state index contributed by atoms with van der Waals surface area (Å²) in [6.07, 6.45) is 0. The summed E-state index contributed by atoms with van der Waals surface area (Å²) in [7, 11) is 0. The Bertz CT molecular complexity index is 4480. The molecule has 76 heavy (non-hydrogen) atoms. The number of hydrogen-bond acceptors (Lipinski definition) is 0. The maximum Gasteiger partial charge on any atom is 0.0582 e. The van der Waals surface area contributed by atoms with Gasteiger partial charge < -0.3 is 4.57 Å². The molecule has 0 radical (unpaired) electrons. The van der Waals surface area contributed by atoms with Gasteiger partial charge in [0.2, 0.25) is 0 Å². The standard InChI is InChI=1S/C75H57N/c1-72(2)55-27-15-23-47-48-24-16-28-56-66(48)68(65(47)55)67-59(72)37-45(38-60(67)73(56,3)4)43-31-33-49-53(35-43)63(41-19-11-9-12-20-41)50-34-32-44(36-54(50)64(49)42-21-13-10-14-22-42)46-39-61-71-62(40-46)75(7,8)58-30-18-26-52-51-25-17-29-57(74(61,5)6)69(51)76(71)70(52)58/h9-40,68H,1-8H3. The van der Waals surface area contributed by atoms with E-state index in [1.54, 1.807) is 5.56 Å². The summed E-state index contributed by atoms with van der Waals surface area (Å²) >= 11 is 0. The summed E-state index contributed by atoms with van der Waals surface area (Å²) in [5.74, 6) is 0.274. The van der Waals surface area contributed by atoms with Crippen LogP contribution in [0.25, 0.3) is 105 Å². The Kier molecular flexibility index (Phi) is 7.90. The molecule has 0 N–H and O–H groups in total. The van der Waals surface area contributed by atoms with E-state index in [1.165, 1.54) is 160 Å². The first-order chi connectivity index (χ1) is 36.7. The maximum atomic E-state index is 2.64. The zero-order chi connectivity index (χ0) is 51.1. The number of rotatable bonds is 4. The van der Waals surface area contributed by atoms with Crippen molar-refractivity contribution in [2.24, 2.45) is 0 Å². The second kappa shape index (κ2) is 14.0. The van der Waals surface area contributed by atoms with Gasteiger partial charge in [-0.2, -0.15) is 0 Å². The van der Waals surface area contributed by atoms with Crippen LogP contribution in [0.3, 0.4) is 0 Å². The van der Waals surface area contributed by atoms with Gasteiger partial charge >= 0.3 is 0 Å². The van der Waals surface area contributed by atoms with E-state index in [0.29, 0.717) is 0 Å². The number of nitrogens with zero attached hydrogens (tertiary/aromatic N) is 1. The van der Waals surface area contributed by atoms with Crippen LogP contribution in [0, 0.1) is 0 Å². The molecule has 0 amide bonds. The van der Waals surface area contributed by atoms with Crippen LogP contribution in [0.15, 0.2) is 194 Å². The zero-order valence-corrected chi connectivity index (χ0v) is 44.5. The van der Waals surface area contributed by atoms with Crippen molar-refractivity contribution >= 4 is 43.4 Å². The fraction of sp³-hybridized carbons (Fsp3) is 0.173. The van der Waals surface area contributed by atoms with Crippen molar-refractivity contribution in [2.75, 3.05) is 0 Å². The van der Waals surface area contributed by atoms with Crippen molar-refractivity contribution in [1.82, 2.24) is 4.57 Å². The quantitative estimate of drug-likeness (QED) is 0.155. The lowest BCUT2D eigenvalue weighted by molar-refractivity contribution is 0.553. The predicted molar refractivity (Wildman–Crippen MR) is 319 cm³/mol. The average molecular weight is 972 g/mol. The van der Waals surface area contributed by atoms with E-state index in [1.807, 2.05) is 0 Å². The molecule has 0 spiro atoms. The minimum atomic E-state index is -0.210. The van der Waals surface area contributed by atoms with Gasteiger partial charge in [0.15, 0.2) is 0 Å². The molecule has 12 aromatic rings. The Morgan fingerprint density at radius 1 is 0.276 bits per heavy atom. The molecule has 0 saturated carbocycles. The van der Waals surface area contributed by atoms with Crippen LogP contribution in [0.2, 0.25) is 0 Å². The highest BCUT2D eigenvalue weighted by atomic mass is 15.0. The fourth-order valence-electron chi connectivity index (χ4n) is 16.3. The minimum absolute atomic E-state index is 0.171. The minimum Gasteiger partial charge on any atom is -0.308 e. The van der Waals surface area contributed by atoms with Gasteiger partial charge in [0.1, 0.15) is 0 Å². The lowest BCUT2D eigenvalue weighted by atomic mass is 9.57. The zero-order valence-electron chi connectivity index (χ0n) is 44.5. The second-order valence-electron chi connectivity index (χ2n) is 25.1. The molecule has 11 aromatic carbocycles. The van der Waals surface area contributed by atoms with E-state index < -0.39 is 0 Å². The van der Waals surface area contributed by atoms with Crippen molar-refractivity contribution in [3.05, 3.63) is 255 Å². The van der Waals surface area contributed by atoms with Crippen LogP contribution < -0.4 is 0 Å². The number of benzene rings is 11. The maximum absolute atomic E-state index is 2.64. The van der Waals surface area contributed by atoms with Crippen LogP contribution in [-0.4, -0.2) is 4.57 Å². The normalized spacial score (nSPS) is 16.8. The van der Waals surface area contributed by atoms with Crippen LogP contribution in [-0.2, 0) is 21.7 Å². The second-order valence-corrected chi connectivity index (χ2v) is 25.1. The molecule has 1 nitrogen and oxygen atoms in total. The third-order valence-electron chi connectivity index (χ3n) is 20.0. The van der Waals surface area contributed by atoms with E-state index in [-0.39, 0.29) is 27.6 Å². The molecule has 0 saturated heterocycles. The third-order valence-corrected chi connectivity index (χ3v) is 20.0. The van der Waals surface area contributed by atoms with Crippen LogP contribution in [0.5, 0.6) is 0 Å². The summed E-state index contributed by atoms with van der Waals surface area (Å²) in [5.41, 5.74) is 32.4. The molecular weight excluding hydrogens is 915 g/mol. The van der Waals surface area contributed by atoms with E-state index in [2.05, 4.69) is 254 Å². The Morgan fingerprint density at radius 3 is 1.12 bits per heavy atom. The summed E-state index contributed by atoms with van der Waals surface area (Å²) in [6.45, 7) is 19.7. The first-order valence-corrected chi connectivity index (χ1v) is 27.6. The number of fused-ring (bicyclic) bond motifs is 4. The van der Waals surface area contributed by atoms with Crippen LogP contribution in [0.1, 0.15) is 123 Å². The average Bonchev–Trinajstić information content (AvgIpc) is 3.98. The van der Waals surface area contributed by atoms with Crippen molar-refractivity contribution in [1.29, 1.82) is 0 Å². The van der Waals surface area contributed by atoms with Crippen molar-refractivity contribution < 1.29 is 0 Å². The Balaban J connectivity index is 0.919. The van der Waals surface area contributed by atoms with Crippen molar-refractivity contribution in [3.63, 3.8) is 0 Å². The van der Waals surface area contributed by atoms with Gasteiger partial charge in [-0.1, -0.05) is 213 Å². The molecule has 0 bridgehead atoms. The van der Waals surface area contributed by atoms with Gasteiger partial charge in [-0.25, -0.2) is 0 Å². The van der Waals surface area contributed by atoms with Crippen LogP contribution in [0.4, 0.5) is 0 Å². The molecule has 2 aliphatic heterocycles. The molecule has 3 heterocycles. The lowest BCUT2D eigenvalue weighted by Gasteiger charge is -2.46. The molecule has 362 valence electrons. The highest BCUT2D eigenvalue weighted by Gasteiger charge is 2.51. The molecule has 0 unspecified atom stereocenters. The van der Waals surface area contributed by atoms with Crippen LogP contribution >= 0.6 is 0 Å². The van der Waals surface area contributed by atoms with Gasteiger partial charge in [0.25, 0.3) is 0 Å². The number of hydrogen-bond donors (Lipinski definition) is 0. The molecule has 0 atom stereocenters. The van der Waals surface area contributed by atoms with E-state index >= 15 is 0 Å². The predicted octanol–water partition coefficient (Wildman–Crippen LogP) is 19.5. The molecule has 0 fully saturated rings. The Hall–Kier alpha value is -8.26. The van der Waals surface area contributed by atoms with Gasteiger partial charge in [0, 0.05) is 38.4 Å². The summed E-state index contributed by atoms with van der Waals surface area (Å²) < 4.78 is 2.64. The summed E-state index contributed by atoms with van der Waals surface area (Å²) in [5, 5.41) is 7.79. The van der Waals surface area contributed by atoms with Gasteiger partial charge in [-0.3, -0.25) is 0 Å². The van der Waals surface area contributed by atoms with Crippen molar-refractivity contribution in [2.45, 2.75) is 83.0 Å². The van der Waals surface area contributed by atoms with E-state index in [9.17, 15) is 0 Å². The first kappa shape index (κ1) is 43.0. The Labute approximate surface area is 445 Å². The lowest BCUT2D eigenvalue weighted by Crippen LogP contribution is -2.36. The molecule has 17 rings (SSSR count). The number of para-hydroxylation sites is 2. The third kappa shape index (κ3) is 5.04. The SMILES string of the molecule is CC1(C)c2cccc3c2C2c4c-3cccc4C(C)(C)c3cc(-c4ccc5c(-c6ccccc6)c6cc(-c7cc8c9c(c7)C(C)(C)c7cccc%10c%11cccc(c%11n-9c7%10)C8(C)C)ccc6c(-c6ccccc6)c5c4)cc1c32. The first-order valence-electron chi connectivity index (χ1n) is 27.6. The molecule has 5 aliphatic rings. The molecule has 1 aromatic heterocycles. The van der Waals surface area contributed by atoms with E-state index in [0.717, 1.165) is 0 Å². The fourth-order valence-corrected chi connectivity index (χ4v) is 16.3. The van der Waals surface area contributed by atoms with Gasteiger partial charge in [-0.15, -0.1) is 0 Å². The summed E-state index contributed by atoms with van der Waals surface area (Å²) in [6, 6.07) is 75.6. The van der Waals surface area contributed by atoms with E-state index in [4.69, 9.17) is 0 Å². The summed E-state index contributed by atoms with van der Waals surface area (Å²) in [4.78, 5) is 0. The van der Waals surface area contributed by atoms with Gasteiger partial charge in [-0.05, 0) is 175 Å². The van der Waals surface area contributed by atoms with Crippen molar-refractivity contribution in [3.8, 4) is 61.3 Å².